The highest BCUT2D eigenvalue weighted by Gasteiger charge is 2.10. The van der Waals surface area contributed by atoms with Gasteiger partial charge in [0, 0.05) is 30.8 Å². The van der Waals surface area contributed by atoms with Gasteiger partial charge in [-0.25, -0.2) is 5.10 Å². The first-order valence-electron chi connectivity index (χ1n) is 9.73. The van der Waals surface area contributed by atoms with Crippen LogP contribution in [-0.4, -0.2) is 30.2 Å². The second-order valence-corrected chi connectivity index (χ2v) is 6.91. The molecule has 7 heteroatoms. The third-order valence-electron chi connectivity index (χ3n) is 4.87. The lowest BCUT2D eigenvalue weighted by molar-refractivity contribution is 0.649. The summed E-state index contributed by atoms with van der Waals surface area (Å²) in [5, 5.41) is 14.2. The van der Waals surface area contributed by atoms with Crippen LogP contribution in [0, 0.1) is 0 Å². The molecule has 4 rings (SSSR count). The molecule has 2 aromatic carbocycles. The summed E-state index contributed by atoms with van der Waals surface area (Å²) in [5.74, 6) is 1.48. The number of aromatic amines is 1. The van der Waals surface area contributed by atoms with Gasteiger partial charge in [-0.15, -0.1) is 5.10 Å². The molecule has 0 atom stereocenters. The Balaban J connectivity index is 1.60. The molecule has 0 saturated heterocycles. The van der Waals surface area contributed by atoms with Crippen molar-refractivity contribution in [2.24, 2.45) is 0 Å². The molecular weight excluding hydrogens is 364 g/mol. The third kappa shape index (κ3) is 4.29. The highest BCUT2D eigenvalue weighted by atomic mass is 16.1. The van der Waals surface area contributed by atoms with Gasteiger partial charge in [-0.1, -0.05) is 61.9 Å². The Bertz CT molecular complexity index is 1130. The second kappa shape index (κ2) is 8.60. The van der Waals surface area contributed by atoms with Gasteiger partial charge in [-0.2, -0.15) is 4.98 Å². The van der Waals surface area contributed by atoms with E-state index in [0.29, 0.717) is 12.4 Å². The Kier molecular flexibility index (Phi) is 5.56. The monoisotopic (exact) mass is 386 g/mol. The average molecular weight is 386 g/mol. The topological polar surface area (TPSA) is 89.3 Å². The molecule has 4 aromatic rings. The van der Waals surface area contributed by atoms with E-state index in [9.17, 15) is 4.79 Å². The van der Waals surface area contributed by atoms with E-state index < -0.39 is 0 Å². The van der Waals surface area contributed by atoms with E-state index in [4.69, 9.17) is 0 Å². The molecule has 0 unspecified atom stereocenters. The number of unbranched alkanes of at least 4 members (excludes halogenated alkanes) is 1. The maximum Gasteiger partial charge on any atom is 0.272 e. The smallest absolute Gasteiger partial charge is 0.272 e. The molecule has 0 aliphatic carbocycles. The molecular formula is C22H22N6O. The fraction of sp³-hybridized carbons (Fsp3) is 0.227. The minimum atomic E-state index is -0.179. The summed E-state index contributed by atoms with van der Waals surface area (Å²) in [6, 6.07) is 17.9. The predicted octanol–water partition coefficient (Wildman–Crippen LogP) is 3.48. The Morgan fingerprint density at radius 2 is 1.79 bits per heavy atom. The molecule has 146 valence electrons. The van der Waals surface area contributed by atoms with Gasteiger partial charge in [0.25, 0.3) is 5.56 Å². The number of aromatic nitrogens is 6. The summed E-state index contributed by atoms with van der Waals surface area (Å²) in [5.41, 5.74) is 4.07. The van der Waals surface area contributed by atoms with Crippen molar-refractivity contribution in [2.45, 2.75) is 32.7 Å². The number of hydrogen-bond donors (Lipinski definition) is 1. The molecule has 0 saturated carbocycles. The molecule has 0 radical (unpaired) electrons. The minimum Gasteiger partial charge on any atom is -0.332 e. The number of hydrogen-bond acceptors (Lipinski definition) is 5. The van der Waals surface area contributed by atoms with Crippen molar-refractivity contribution in [3.05, 3.63) is 82.5 Å². The van der Waals surface area contributed by atoms with Gasteiger partial charge in [-0.05, 0) is 33.5 Å². The molecule has 0 fully saturated rings. The standard InChI is InChI=1S/C22H22N6O/c1-2-3-8-20-23-21(29)13-14-28(20)15-16-9-11-17(12-10-16)18-6-4-5-7-19(18)22-24-26-27-25-22/h4-7,9-14H,2-3,8,15H2,1H3,(H,24,25,26,27). The largest absolute Gasteiger partial charge is 0.332 e. The molecule has 0 bridgehead atoms. The number of nitrogens with zero attached hydrogens (tertiary/aromatic N) is 5. The molecule has 0 amide bonds. The van der Waals surface area contributed by atoms with Gasteiger partial charge in [0.2, 0.25) is 0 Å². The van der Waals surface area contributed by atoms with E-state index in [1.165, 1.54) is 6.07 Å². The van der Waals surface area contributed by atoms with Crippen molar-refractivity contribution in [3.63, 3.8) is 0 Å². The lowest BCUT2D eigenvalue weighted by Gasteiger charge is -2.13. The first-order valence-corrected chi connectivity index (χ1v) is 9.73. The number of rotatable bonds is 7. The predicted molar refractivity (Wildman–Crippen MR) is 111 cm³/mol. The number of tetrazole rings is 1. The van der Waals surface area contributed by atoms with Crippen LogP contribution in [0.15, 0.2) is 65.6 Å². The van der Waals surface area contributed by atoms with E-state index in [-0.39, 0.29) is 5.56 Å². The van der Waals surface area contributed by atoms with Crippen LogP contribution in [0.25, 0.3) is 22.5 Å². The summed E-state index contributed by atoms with van der Waals surface area (Å²) in [7, 11) is 0. The number of H-pyrrole nitrogens is 1. The molecule has 0 aliphatic rings. The quantitative estimate of drug-likeness (QED) is 0.525. The summed E-state index contributed by atoms with van der Waals surface area (Å²) in [4.78, 5) is 15.8. The zero-order valence-corrected chi connectivity index (χ0v) is 16.2. The number of benzene rings is 2. The van der Waals surface area contributed by atoms with Gasteiger partial charge >= 0.3 is 0 Å². The van der Waals surface area contributed by atoms with Gasteiger partial charge in [0.1, 0.15) is 5.82 Å². The van der Waals surface area contributed by atoms with Gasteiger partial charge in [0.05, 0.1) is 0 Å². The molecule has 2 heterocycles. The Labute approximate surface area is 168 Å². The van der Waals surface area contributed by atoms with Crippen LogP contribution in [0.4, 0.5) is 0 Å². The minimum absolute atomic E-state index is 0.179. The molecule has 1 N–H and O–H groups in total. The van der Waals surface area contributed by atoms with Crippen LogP contribution in [0.2, 0.25) is 0 Å². The zero-order chi connectivity index (χ0) is 20.1. The number of nitrogens with one attached hydrogen (secondary N) is 1. The van der Waals surface area contributed by atoms with Gasteiger partial charge in [0.15, 0.2) is 5.82 Å². The lowest BCUT2D eigenvalue weighted by atomic mass is 9.98. The maximum atomic E-state index is 11.6. The highest BCUT2D eigenvalue weighted by molar-refractivity contribution is 5.80. The van der Waals surface area contributed by atoms with Crippen molar-refractivity contribution in [1.29, 1.82) is 0 Å². The highest BCUT2D eigenvalue weighted by Crippen LogP contribution is 2.29. The SMILES string of the molecule is CCCCc1nc(=O)ccn1Cc1ccc(-c2ccccc2-c2nnn[nH]2)cc1. The zero-order valence-electron chi connectivity index (χ0n) is 16.2. The van der Waals surface area contributed by atoms with Crippen LogP contribution in [0.3, 0.4) is 0 Å². The van der Waals surface area contributed by atoms with Crippen molar-refractivity contribution < 1.29 is 0 Å². The van der Waals surface area contributed by atoms with Crippen molar-refractivity contribution in [1.82, 2.24) is 30.2 Å². The van der Waals surface area contributed by atoms with Gasteiger partial charge in [-0.3, -0.25) is 4.79 Å². The van der Waals surface area contributed by atoms with E-state index in [2.05, 4.69) is 67.4 Å². The Morgan fingerprint density at radius 3 is 2.52 bits per heavy atom. The summed E-state index contributed by atoms with van der Waals surface area (Å²) in [6.07, 6.45) is 4.73. The van der Waals surface area contributed by atoms with Crippen LogP contribution < -0.4 is 5.56 Å². The Hall–Kier alpha value is -3.61. The second-order valence-electron chi connectivity index (χ2n) is 6.91. The fourth-order valence-electron chi connectivity index (χ4n) is 3.35. The van der Waals surface area contributed by atoms with E-state index in [1.54, 1.807) is 0 Å². The van der Waals surface area contributed by atoms with E-state index in [0.717, 1.165) is 47.3 Å². The normalized spacial score (nSPS) is 10.9. The molecule has 29 heavy (non-hydrogen) atoms. The third-order valence-corrected chi connectivity index (χ3v) is 4.87. The number of aryl methyl sites for hydroxylation is 1. The molecule has 0 spiro atoms. The van der Waals surface area contributed by atoms with Crippen LogP contribution in [0.1, 0.15) is 31.2 Å². The van der Waals surface area contributed by atoms with E-state index >= 15 is 0 Å². The molecule has 2 aromatic heterocycles. The van der Waals surface area contributed by atoms with Crippen LogP contribution in [-0.2, 0) is 13.0 Å². The maximum absolute atomic E-state index is 11.6. The van der Waals surface area contributed by atoms with Crippen molar-refractivity contribution in [2.75, 3.05) is 0 Å². The average Bonchev–Trinajstić information content (AvgIpc) is 3.29. The van der Waals surface area contributed by atoms with Crippen molar-refractivity contribution in [3.8, 4) is 22.5 Å². The van der Waals surface area contributed by atoms with Gasteiger partial charge < -0.3 is 4.57 Å². The molecule has 0 aliphatic heterocycles. The van der Waals surface area contributed by atoms with Crippen molar-refractivity contribution >= 4 is 0 Å². The first kappa shape index (κ1) is 18.7. The van der Waals surface area contributed by atoms with E-state index in [1.807, 2.05) is 24.4 Å². The van der Waals surface area contributed by atoms with Crippen LogP contribution in [0.5, 0.6) is 0 Å². The fourth-order valence-corrected chi connectivity index (χ4v) is 3.35. The lowest BCUT2D eigenvalue weighted by Crippen LogP contribution is -2.17. The molecule has 7 nitrogen and oxygen atoms in total. The Morgan fingerprint density at radius 1 is 1.00 bits per heavy atom. The summed E-state index contributed by atoms with van der Waals surface area (Å²) in [6.45, 7) is 2.82. The first-order chi connectivity index (χ1) is 14.2. The summed E-state index contributed by atoms with van der Waals surface area (Å²) >= 11 is 0. The summed E-state index contributed by atoms with van der Waals surface area (Å²) < 4.78 is 2.06. The van der Waals surface area contributed by atoms with Crippen LogP contribution >= 0.6 is 0 Å².